The summed E-state index contributed by atoms with van der Waals surface area (Å²) in [5.41, 5.74) is -0.858. The molecule has 0 aromatic carbocycles. The van der Waals surface area contributed by atoms with Gasteiger partial charge in [0.05, 0.1) is 6.07 Å². The molecule has 5 nitrogen and oxygen atoms in total. The van der Waals surface area contributed by atoms with E-state index in [1.54, 1.807) is 13.0 Å². The molecule has 1 aliphatic carbocycles. The van der Waals surface area contributed by atoms with E-state index in [9.17, 15) is 9.59 Å². The average molecular weight is 292 g/mol. The molecule has 1 saturated carbocycles. The normalized spacial score (nSPS) is 16.9. The zero-order valence-electron chi connectivity index (χ0n) is 11.4. The van der Waals surface area contributed by atoms with Crippen molar-refractivity contribution in [3.63, 3.8) is 0 Å². The fourth-order valence-corrected chi connectivity index (χ4v) is 2.72. The Kier molecular flexibility index (Phi) is 4.09. The molecule has 0 aliphatic heterocycles. The van der Waals surface area contributed by atoms with Crippen LogP contribution in [0.3, 0.4) is 0 Å². The van der Waals surface area contributed by atoms with Crippen molar-refractivity contribution >= 4 is 23.2 Å². The van der Waals surface area contributed by atoms with Crippen molar-refractivity contribution in [1.29, 1.82) is 5.26 Å². The van der Waals surface area contributed by atoms with Gasteiger partial charge in [-0.3, -0.25) is 4.79 Å². The van der Waals surface area contributed by atoms with Gasteiger partial charge >= 0.3 is 5.97 Å². The third-order valence-corrected chi connectivity index (χ3v) is 4.28. The number of esters is 1. The topological polar surface area (TPSA) is 79.2 Å². The van der Waals surface area contributed by atoms with Crippen LogP contribution in [0.1, 0.15) is 34.3 Å². The lowest BCUT2D eigenvalue weighted by Crippen LogP contribution is -2.48. The second-order valence-corrected chi connectivity index (χ2v) is 6.41. The minimum absolute atomic E-state index is 0.201. The number of carbonyl (C=O) groups is 2. The molecule has 1 atom stereocenters. The van der Waals surface area contributed by atoms with Crippen LogP contribution < -0.4 is 5.32 Å². The van der Waals surface area contributed by atoms with Crippen molar-refractivity contribution < 1.29 is 14.3 Å². The smallest absolute Gasteiger partial charge is 0.348 e. The number of thiophene rings is 1. The van der Waals surface area contributed by atoms with Gasteiger partial charge in [-0.15, -0.1) is 11.3 Å². The van der Waals surface area contributed by atoms with Gasteiger partial charge in [0.25, 0.3) is 5.91 Å². The molecule has 106 valence electrons. The number of aryl methyl sites for hydroxylation is 1. The Labute approximate surface area is 121 Å². The van der Waals surface area contributed by atoms with Gasteiger partial charge in [0.1, 0.15) is 10.4 Å². The molecular formula is C14H16N2O3S. The van der Waals surface area contributed by atoms with Crippen LogP contribution in [0, 0.1) is 24.2 Å². The Morgan fingerprint density at radius 1 is 1.55 bits per heavy atom. The molecule has 1 fully saturated rings. The predicted molar refractivity (Wildman–Crippen MR) is 74.2 cm³/mol. The highest BCUT2D eigenvalue weighted by Gasteiger charge is 2.43. The number of nitriles is 1. The third-order valence-electron chi connectivity index (χ3n) is 3.30. The van der Waals surface area contributed by atoms with Crippen LogP contribution in [0.4, 0.5) is 0 Å². The number of ether oxygens (including phenoxy) is 1. The molecule has 1 N–H and O–H groups in total. The minimum Gasteiger partial charge on any atom is -0.451 e. The Bertz CT molecular complexity index is 571. The Morgan fingerprint density at radius 2 is 2.25 bits per heavy atom. The van der Waals surface area contributed by atoms with Crippen molar-refractivity contribution in [3.05, 3.63) is 21.9 Å². The summed E-state index contributed by atoms with van der Waals surface area (Å²) in [6, 6.07) is 5.61. The van der Waals surface area contributed by atoms with Gasteiger partial charge in [0.15, 0.2) is 6.61 Å². The van der Waals surface area contributed by atoms with E-state index in [0.29, 0.717) is 4.88 Å². The molecule has 1 amide bonds. The summed E-state index contributed by atoms with van der Waals surface area (Å²) in [7, 11) is 0. The van der Waals surface area contributed by atoms with E-state index in [0.717, 1.165) is 17.7 Å². The standard InChI is InChI=1S/C14H16N2O3S/c1-9-3-6-11(20-9)13(18)19-7-12(17)16-14(2,8-15)10-4-5-10/h3,6,10H,4-5,7H2,1-2H3,(H,16,17)/t14-/m1/s1. The first-order valence-corrected chi connectivity index (χ1v) is 7.22. The first-order valence-electron chi connectivity index (χ1n) is 6.40. The van der Waals surface area contributed by atoms with Crippen LogP contribution in [-0.2, 0) is 9.53 Å². The lowest BCUT2D eigenvalue weighted by Gasteiger charge is -2.22. The molecule has 1 aromatic rings. The molecule has 0 bridgehead atoms. The van der Waals surface area contributed by atoms with Crippen molar-refractivity contribution in [2.45, 2.75) is 32.2 Å². The molecule has 0 unspecified atom stereocenters. The highest BCUT2D eigenvalue weighted by Crippen LogP contribution is 2.39. The van der Waals surface area contributed by atoms with Crippen LogP contribution >= 0.6 is 11.3 Å². The zero-order chi connectivity index (χ0) is 14.8. The number of amides is 1. The van der Waals surface area contributed by atoms with E-state index in [2.05, 4.69) is 11.4 Å². The van der Waals surface area contributed by atoms with Gasteiger partial charge in [-0.05, 0) is 44.7 Å². The summed E-state index contributed by atoms with van der Waals surface area (Å²) in [6.45, 7) is 3.23. The van der Waals surface area contributed by atoms with E-state index < -0.39 is 17.4 Å². The maximum atomic E-state index is 11.8. The van der Waals surface area contributed by atoms with E-state index in [4.69, 9.17) is 10.00 Å². The van der Waals surface area contributed by atoms with Gasteiger partial charge in [-0.2, -0.15) is 5.26 Å². The van der Waals surface area contributed by atoms with Crippen LogP contribution in [0.5, 0.6) is 0 Å². The van der Waals surface area contributed by atoms with Crippen LogP contribution in [0.15, 0.2) is 12.1 Å². The summed E-state index contributed by atoms with van der Waals surface area (Å²) in [5, 5.41) is 11.8. The molecule has 0 spiro atoms. The van der Waals surface area contributed by atoms with E-state index in [1.165, 1.54) is 11.3 Å². The second-order valence-electron chi connectivity index (χ2n) is 5.12. The number of hydrogen-bond acceptors (Lipinski definition) is 5. The molecule has 1 heterocycles. The number of rotatable bonds is 5. The fourth-order valence-electron chi connectivity index (χ4n) is 1.95. The molecule has 0 saturated heterocycles. The van der Waals surface area contributed by atoms with Gasteiger partial charge in [-0.25, -0.2) is 4.79 Å². The van der Waals surface area contributed by atoms with Crippen molar-refractivity contribution in [2.24, 2.45) is 5.92 Å². The minimum atomic E-state index is -0.858. The predicted octanol–water partition coefficient (Wildman–Crippen LogP) is 2.02. The lowest BCUT2D eigenvalue weighted by atomic mass is 9.98. The Hall–Kier alpha value is -1.87. The van der Waals surface area contributed by atoms with E-state index in [-0.39, 0.29) is 12.5 Å². The number of hydrogen-bond donors (Lipinski definition) is 1. The lowest BCUT2D eigenvalue weighted by molar-refractivity contribution is -0.125. The fraction of sp³-hybridized carbons (Fsp3) is 0.500. The maximum absolute atomic E-state index is 11.8. The highest BCUT2D eigenvalue weighted by atomic mass is 32.1. The quantitative estimate of drug-likeness (QED) is 0.842. The first-order chi connectivity index (χ1) is 9.44. The van der Waals surface area contributed by atoms with Crippen molar-refractivity contribution in [2.75, 3.05) is 6.61 Å². The average Bonchev–Trinajstić information content (AvgIpc) is 3.19. The Morgan fingerprint density at radius 3 is 2.75 bits per heavy atom. The number of nitrogens with one attached hydrogen (secondary N) is 1. The monoisotopic (exact) mass is 292 g/mol. The van der Waals surface area contributed by atoms with Gasteiger partial charge in [0.2, 0.25) is 0 Å². The molecule has 1 aliphatic rings. The summed E-state index contributed by atoms with van der Waals surface area (Å²) in [4.78, 5) is 24.9. The molecule has 0 radical (unpaired) electrons. The molecular weight excluding hydrogens is 276 g/mol. The van der Waals surface area contributed by atoms with Crippen LogP contribution in [0.25, 0.3) is 0 Å². The Balaban J connectivity index is 1.83. The van der Waals surface area contributed by atoms with Gasteiger partial charge in [0, 0.05) is 4.88 Å². The largest absolute Gasteiger partial charge is 0.451 e. The third kappa shape index (κ3) is 3.36. The molecule has 20 heavy (non-hydrogen) atoms. The summed E-state index contributed by atoms with van der Waals surface area (Å²) in [6.07, 6.45) is 1.89. The van der Waals surface area contributed by atoms with Gasteiger partial charge in [-0.1, -0.05) is 0 Å². The number of carbonyl (C=O) groups excluding carboxylic acids is 2. The maximum Gasteiger partial charge on any atom is 0.348 e. The molecule has 6 heteroatoms. The van der Waals surface area contributed by atoms with E-state index in [1.807, 2.05) is 13.0 Å². The van der Waals surface area contributed by atoms with Gasteiger partial charge < -0.3 is 10.1 Å². The van der Waals surface area contributed by atoms with E-state index >= 15 is 0 Å². The molecule has 2 rings (SSSR count). The zero-order valence-corrected chi connectivity index (χ0v) is 12.3. The number of nitrogens with zero attached hydrogens (tertiary/aromatic N) is 1. The van der Waals surface area contributed by atoms with Crippen molar-refractivity contribution in [1.82, 2.24) is 5.32 Å². The summed E-state index contributed by atoms with van der Waals surface area (Å²) in [5.74, 6) is -0.752. The SMILES string of the molecule is Cc1ccc(C(=O)OCC(=O)N[C@](C)(C#N)C2CC2)s1. The second kappa shape index (κ2) is 5.63. The van der Waals surface area contributed by atoms with Crippen LogP contribution in [0.2, 0.25) is 0 Å². The van der Waals surface area contributed by atoms with Crippen LogP contribution in [-0.4, -0.2) is 24.0 Å². The summed E-state index contributed by atoms with van der Waals surface area (Å²) < 4.78 is 4.94. The van der Waals surface area contributed by atoms with Crippen molar-refractivity contribution in [3.8, 4) is 6.07 Å². The molecule has 1 aromatic heterocycles. The first kappa shape index (κ1) is 14.5. The highest BCUT2D eigenvalue weighted by molar-refractivity contribution is 7.13. The summed E-state index contributed by atoms with van der Waals surface area (Å²) >= 11 is 1.32.